The molecule has 1 fully saturated rings. The summed E-state index contributed by atoms with van der Waals surface area (Å²) in [5.74, 6) is -3.04. The summed E-state index contributed by atoms with van der Waals surface area (Å²) in [6.07, 6.45) is -4.56. The number of nitro groups is 1. The second-order valence-electron chi connectivity index (χ2n) is 10.0. The third-order valence-corrected chi connectivity index (χ3v) is 9.63. The lowest BCUT2D eigenvalue weighted by Gasteiger charge is -2.29. The molecule has 0 radical (unpaired) electrons. The second kappa shape index (κ2) is 11.5. The van der Waals surface area contributed by atoms with E-state index in [0.717, 1.165) is 40.1 Å². The number of carbonyl (C=O) groups excluding carboxylic acids is 3. The van der Waals surface area contributed by atoms with Crippen LogP contribution in [0.4, 0.5) is 30.2 Å². The number of aromatic amines is 1. The molecule has 0 spiro atoms. The first-order valence-corrected chi connectivity index (χ1v) is 14.8. The zero-order valence-electron chi connectivity index (χ0n) is 22.6. The van der Waals surface area contributed by atoms with Gasteiger partial charge in [0.05, 0.1) is 27.1 Å². The molecule has 16 heteroatoms. The lowest BCUT2D eigenvalue weighted by atomic mass is 9.83. The number of rotatable bonds is 7. The zero-order chi connectivity index (χ0) is 32.0. The SMILES string of the molecule is O=C(COc1ccc(C2c3sc(=O)[nH]c3SC3C(=O)N(c4ccc([N+](=O)[O-])cc4)C(=O)C32)cc1)Nc1cccc(C(F)(F)F)c1. The fourth-order valence-corrected chi connectivity index (χ4v) is 7.76. The van der Waals surface area contributed by atoms with E-state index in [2.05, 4.69) is 10.3 Å². The molecule has 0 aliphatic carbocycles. The van der Waals surface area contributed by atoms with E-state index in [-0.39, 0.29) is 27.7 Å². The molecule has 11 nitrogen and oxygen atoms in total. The Bertz CT molecular complexity index is 1890. The number of nitrogens with one attached hydrogen (secondary N) is 2. The van der Waals surface area contributed by atoms with Crippen LogP contribution >= 0.6 is 23.1 Å². The maximum Gasteiger partial charge on any atom is 0.416 e. The number of alkyl halides is 3. The minimum atomic E-state index is -4.56. The molecule has 2 aliphatic rings. The van der Waals surface area contributed by atoms with Crippen molar-refractivity contribution in [3.63, 3.8) is 0 Å². The highest BCUT2D eigenvalue weighted by molar-refractivity contribution is 8.00. The molecule has 2 aliphatic heterocycles. The maximum atomic E-state index is 13.8. The molecule has 1 aromatic heterocycles. The molecule has 0 saturated carbocycles. The van der Waals surface area contributed by atoms with Crippen molar-refractivity contribution in [1.82, 2.24) is 4.98 Å². The molecule has 4 aromatic rings. The molecule has 3 aromatic carbocycles. The van der Waals surface area contributed by atoms with Crippen LogP contribution in [0.5, 0.6) is 5.75 Å². The van der Waals surface area contributed by atoms with E-state index in [9.17, 15) is 42.5 Å². The zero-order valence-corrected chi connectivity index (χ0v) is 24.2. The highest BCUT2D eigenvalue weighted by Gasteiger charge is 2.56. The van der Waals surface area contributed by atoms with Crippen LogP contribution in [0.1, 0.15) is 21.9 Å². The number of amides is 3. The molecule has 6 rings (SSSR count). The van der Waals surface area contributed by atoms with E-state index in [4.69, 9.17) is 4.74 Å². The maximum absolute atomic E-state index is 13.8. The summed E-state index contributed by atoms with van der Waals surface area (Å²) in [5, 5.41) is 13.0. The molecule has 0 bridgehead atoms. The van der Waals surface area contributed by atoms with E-state index in [1.807, 2.05) is 0 Å². The second-order valence-corrected chi connectivity index (χ2v) is 12.2. The van der Waals surface area contributed by atoms with Gasteiger partial charge in [0.2, 0.25) is 11.8 Å². The summed E-state index contributed by atoms with van der Waals surface area (Å²) >= 11 is 2.01. The molecular formula is C29H19F3N4O7S2. The first-order chi connectivity index (χ1) is 21.4. The van der Waals surface area contributed by atoms with Crippen molar-refractivity contribution in [2.75, 3.05) is 16.8 Å². The van der Waals surface area contributed by atoms with Gasteiger partial charge in [-0.3, -0.25) is 29.3 Å². The number of halogens is 3. The molecule has 3 unspecified atom stereocenters. The summed E-state index contributed by atoms with van der Waals surface area (Å²) in [6.45, 7) is -0.499. The van der Waals surface area contributed by atoms with Crippen LogP contribution in [-0.4, -0.2) is 39.5 Å². The number of benzene rings is 3. The number of nitrogens with zero attached hydrogens (tertiary/aromatic N) is 2. The predicted octanol–water partition coefficient (Wildman–Crippen LogP) is 5.18. The van der Waals surface area contributed by atoms with Crippen LogP contribution in [0.2, 0.25) is 0 Å². The first-order valence-electron chi connectivity index (χ1n) is 13.1. The van der Waals surface area contributed by atoms with Crippen molar-refractivity contribution in [2.24, 2.45) is 5.92 Å². The van der Waals surface area contributed by atoms with Crippen LogP contribution in [-0.2, 0) is 20.6 Å². The molecule has 45 heavy (non-hydrogen) atoms. The summed E-state index contributed by atoms with van der Waals surface area (Å²) in [7, 11) is 0. The number of fused-ring (bicyclic) bond motifs is 2. The Morgan fingerprint density at radius 1 is 1.02 bits per heavy atom. The van der Waals surface area contributed by atoms with Gasteiger partial charge in [-0.25, -0.2) is 4.90 Å². The summed E-state index contributed by atoms with van der Waals surface area (Å²) in [6, 6.07) is 15.6. The molecule has 230 valence electrons. The van der Waals surface area contributed by atoms with Crippen LogP contribution in [0.25, 0.3) is 0 Å². The fourth-order valence-electron chi connectivity index (χ4n) is 5.24. The Hall–Kier alpha value is -4.96. The van der Waals surface area contributed by atoms with Gasteiger partial charge >= 0.3 is 11.0 Å². The minimum absolute atomic E-state index is 0.0432. The molecular weight excluding hydrogens is 637 g/mol. The van der Waals surface area contributed by atoms with E-state index in [0.29, 0.717) is 15.5 Å². The summed E-state index contributed by atoms with van der Waals surface area (Å²) in [4.78, 5) is 66.4. The van der Waals surface area contributed by atoms with Gasteiger partial charge in [-0.2, -0.15) is 13.2 Å². The van der Waals surface area contributed by atoms with Crippen LogP contribution in [0.3, 0.4) is 0 Å². The van der Waals surface area contributed by atoms with Crippen molar-refractivity contribution in [1.29, 1.82) is 0 Å². The van der Waals surface area contributed by atoms with Gasteiger partial charge in [-0.15, -0.1) is 0 Å². The van der Waals surface area contributed by atoms with Gasteiger partial charge in [-0.1, -0.05) is 41.3 Å². The average molecular weight is 657 g/mol. The Morgan fingerprint density at radius 3 is 2.40 bits per heavy atom. The number of imide groups is 1. The first kappa shape index (κ1) is 30.1. The Balaban J connectivity index is 1.21. The Kier molecular flexibility index (Phi) is 7.70. The van der Waals surface area contributed by atoms with Gasteiger partial charge in [0, 0.05) is 28.6 Å². The van der Waals surface area contributed by atoms with Crippen molar-refractivity contribution in [3.8, 4) is 5.75 Å². The number of hydrogen-bond donors (Lipinski definition) is 2. The lowest BCUT2D eigenvalue weighted by molar-refractivity contribution is -0.384. The number of thioether (sulfide) groups is 1. The number of hydrogen-bond acceptors (Lipinski definition) is 9. The van der Waals surface area contributed by atoms with Crippen LogP contribution in [0.15, 0.2) is 82.6 Å². The monoisotopic (exact) mass is 656 g/mol. The van der Waals surface area contributed by atoms with Gasteiger partial charge in [0.15, 0.2) is 6.61 Å². The molecule has 3 atom stereocenters. The standard InChI is InChI=1S/C29H19F3N4O7S2/c30-29(31,32)15-2-1-3-16(12-15)33-20(37)13-43-19-10-4-14(5-11-19)21-22-24(44-25-23(21)45-28(40)34-25)27(39)35(26(22)38)17-6-8-18(9-7-17)36(41)42/h1-12,21-22,24H,13H2,(H,33,37)(H,34,40). The highest BCUT2D eigenvalue weighted by atomic mass is 32.2. The highest BCUT2D eigenvalue weighted by Crippen LogP contribution is 2.53. The number of carbonyl (C=O) groups is 3. The number of aromatic nitrogens is 1. The van der Waals surface area contributed by atoms with Crippen LogP contribution < -0.4 is 19.8 Å². The Morgan fingerprint density at radius 2 is 1.73 bits per heavy atom. The number of nitro benzene ring substituents is 1. The minimum Gasteiger partial charge on any atom is -0.484 e. The number of thiazole rings is 1. The van der Waals surface area contributed by atoms with E-state index in [1.54, 1.807) is 12.1 Å². The quantitative estimate of drug-likeness (QED) is 0.157. The van der Waals surface area contributed by atoms with Crippen LogP contribution in [0, 0.1) is 16.0 Å². The Labute approximate surface area is 259 Å². The van der Waals surface area contributed by atoms with Crippen molar-refractivity contribution < 1.29 is 37.2 Å². The van der Waals surface area contributed by atoms with E-state index in [1.165, 1.54) is 48.5 Å². The van der Waals surface area contributed by atoms with E-state index < -0.39 is 58.1 Å². The third kappa shape index (κ3) is 5.81. The van der Waals surface area contributed by atoms with Gasteiger partial charge in [0.25, 0.3) is 11.6 Å². The number of ether oxygens (including phenoxy) is 1. The van der Waals surface area contributed by atoms with Crippen molar-refractivity contribution >= 4 is 57.9 Å². The van der Waals surface area contributed by atoms with Gasteiger partial charge < -0.3 is 15.0 Å². The topological polar surface area (TPSA) is 152 Å². The van der Waals surface area contributed by atoms with E-state index >= 15 is 0 Å². The predicted molar refractivity (Wildman–Crippen MR) is 158 cm³/mol. The molecule has 2 N–H and O–H groups in total. The number of anilines is 2. The molecule has 1 saturated heterocycles. The molecule has 3 heterocycles. The summed E-state index contributed by atoms with van der Waals surface area (Å²) < 4.78 is 44.4. The van der Waals surface area contributed by atoms with Crippen molar-refractivity contribution in [3.05, 3.63) is 109 Å². The molecule has 3 amide bonds. The number of non-ortho nitro benzene ring substituents is 1. The summed E-state index contributed by atoms with van der Waals surface area (Å²) in [5.41, 5.74) is -0.368. The fraction of sp³-hybridized carbons (Fsp3) is 0.172. The normalized spacial score (nSPS) is 19.2. The van der Waals surface area contributed by atoms with Gasteiger partial charge in [-0.05, 0) is 48.0 Å². The number of H-pyrrole nitrogens is 1. The third-order valence-electron chi connectivity index (χ3n) is 7.23. The lowest BCUT2D eigenvalue weighted by Crippen LogP contribution is -2.32. The average Bonchev–Trinajstić information content (AvgIpc) is 3.50. The smallest absolute Gasteiger partial charge is 0.416 e. The van der Waals surface area contributed by atoms with Gasteiger partial charge in [0.1, 0.15) is 11.0 Å². The van der Waals surface area contributed by atoms with Crippen molar-refractivity contribution in [2.45, 2.75) is 22.4 Å². The largest absolute Gasteiger partial charge is 0.484 e.